The van der Waals surface area contributed by atoms with Crippen molar-refractivity contribution in [2.24, 2.45) is 11.8 Å². The third kappa shape index (κ3) is 10.5. The third-order valence-corrected chi connectivity index (χ3v) is 8.68. The van der Waals surface area contributed by atoms with Gasteiger partial charge in [0.25, 0.3) is 0 Å². The SMILES string of the molecule is COc1ccc(CN(CC2CN(C(=O)OC(C)(C)C)C2)C2CC2)cc1.COc1ccc(CN(CC2CNC2)C2CC2)cc1.Cl. The van der Waals surface area contributed by atoms with Gasteiger partial charge in [-0.3, -0.25) is 9.80 Å². The Hall–Kier alpha value is -2.52. The van der Waals surface area contributed by atoms with Crippen LogP contribution in [0, 0.1) is 11.8 Å². The summed E-state index contributed by atoms with van der Waals surface area (Å²) in [6, 6.07) is 18.4. The first-order valence-corrected chi connectivity index (χ1v) is 16.1. The Morgan fingerprint density at radius 2 is 1.20 bits per heavy atom. The second kappa shape index (κ2) is 15.7. The molecule has 8 nitrogen and oxygen atoms in total. The number of nitrogens with one attached hydrogen (secondary N) is 1. The molecule has 1 amide bonds. The lowest BCUT2D eigenvalue weighted by Gasteiger charge is -2.42. The van der Waals surface area contributed by atoms with Gasteiger partial charge in [0, 0.05) is 70.4 Å². The first kappa shape index (κ1) is 34.4. The molecule has 2 heterocycles. The zero-order valence-electron chi connectivity index (χ0n) is 27.3. The average molecular weight is 629 g/mol. The van der Waals surface area contributed by atoms with E-state index in [1.807, 2.05) is 37.8 Å². The van der Waals surface area contributed by atoms with E-state index in [0.29, 0.717) is 12.0 Å². The van der Waals surface area contributed by atoms with Crippen LogP contribution in [0.3, 0.4) is 0 Å². The van der Waals surface area contributed by atoms with Crippen LogP contribution in [-0.4, -0.2) is 92.0 Å². The molecule has 0 radical (unpaired) electrons. The first-order chi connectivity index (χ1) is 20.7. The van der Waals surface area contributed by atoms with Gasteiger partial charge in [0.1, 0.15) is 17.1 Å². The largest absolute Gasteiger partial charge is 0.497 e. The topological polar surface area (TPSA) is 66.5 Å². The molecule has 0 aromatic heterocycles. The number of hydrogen-bond acceptors (Lipinski definition) is 7. The number of nitrogens with zero attached hydrogens (tertiary/aromatic N) is 3. The predicted octanol–water partition coefficient (Wildman–Crippen LogP) is 5.83. The van der Waals surface area contributed by atoms with Gasteiger partial charge in [-0.05, 0) is 87.8 Å². The molecule has 0 unspecified atom stereocenters. The maximum atomic E-state index is 12.0. The summed E-state index contributed by atoms with van der Waals surface area (Å²) in [5.41, 5.74) is 2.29. The molecule has 4 aliphatic rings. The zero-order chi connectivity index (χ0) is 30.4. The average Bonchev–Trinajstić information content (AvgIpc) is 3.85. The summed E-state index contributed by atoms with van der Waals surface area (Å²) in [5, 5.41) is 3.36. The van der Waals surface area contributed by atoms with Crippen molar-refractivity contribution in [2.75, 3.05) is 53.5 Å². The van der Waals surface area contributed by atoms with Crippen LogP contribution in [0.1, 0.15) is 57.6 Å². The molecule has 44 heavy (non-hydrogen) atoms. The highest BCUT2D eigenvalue weighted by molar-refractivity contribution is 5.85. The standard InChI is InChI=1S/C20H30N2O3.C15H22N2O.ClH/c1-20(2,3)25-19(23)22-13-16(14-22)12-21(17-7-8-17)11-15-5-9-18(24-4)10-6-15;1-18-15-6-2-12(3-7-15)10-17(14-4-5-14)11-13-8-16-9-13;/h5-6,9-10,16-17H,7-8,11-14H2,1-4H3;2-3,6-7,13-14,16H,4-5,8-11H2,1H3;1H. The van der Waals surface area contributed by atoms with Gasteiger partial charge in [0.15, 0.2) is 0 Å². The van der Waals surface area contributed by atoms with Crippen LogP contribution < -0.4 is 14.8 Å². The van der Waals surface area contributed by atoms with Crippen molar-refractivity contribution in [3.63, 3.8) is 0 Å². The van der Waals surface area contributed by atoms with Crippen LogP contribution in [0.15, 0.2) is 48.5 Å². The minimum absolute atomic E-state index is 0. The van der Waals surface area contributed by atoms with E-state index in [0.717, 1.165) is 56.2 Å². The molecular weight excluding hydrogens is 576 g/mol. The highest BCUT2D eigenvalue weighted by Gasteiger charge is 2.38. The number of amides is 1. The molecule has 2 aromatic rings. The van der Waals surface area contributed by atoms with Gasteiger partial charge in [-0.15, -0.1) is 12.4 Å². The molecular formula is C35H53ClN4O4. The lowest BCUT2D eigenvalue weighted by Crippen LogP contribution is -2.55. The summed E-state index contributed by atoms with van der Waals surface area (Å²) < 4.78 is 15.9. The van der Waals surface area contributed by atoms with Crippen LogP contribution in [-0.2, 0) is 17.8 Å². The van der Waals surface area contributed by atoms with E-state index in [-0.39, 0.29) is 18.5 Å². The molecule has 0 atom stereocenters. The number of benzene rings is 2. The smallest absolute Gasteiger partial charge is 0.410 e. The number of halogens is 1. The minimum atomic E-state index is -0.420. The lowest BCUT2D eigenvalue weighted by molar-refractivity contribution is -0.00727. The second-order valence-corrected chi connectivity index (χ2v) is 13.8. The third-order valence-electron chi connectivity index (χ3n) is 8.68. The highest BCUT2D eigenvalue weighted by atomic mass is 35.5. The van der Waals surface area contributed by atoms with Gasteiger partial charge in [-0.2, -0.15) is 0 Å². The van der Waals surface area contributed by atoms with Crippen molar-refractivity contribution in [3.8, 4) is 11.5 Å². The van der Waals surface area contributed by atoms with Crippen molar-refractivity contribution in [1.29, 1.82) is 0 Å². The molecule has 9 heteroatoms. The maximum Gasteiger partial charge on any atom is 0.410 e. The molecule has 4 fully saturated rings. The summed E-state index contributed by atoms with van der Waals surface area (Å²) >= 11 is 0. The van der Waals surface area contributed by atoms with E-state index in [2.05, 4.69) is 51.5 Å². The lowest BCUT2D eigenvalue weighted by atomic mass is 9.99. The van der Waals surface area contributed by atoms with E-state index < -0.39 is 5.60 Å². The fourth-order valence-electron chi connectivity index (χ4n) is 5.80. The number of methoxy groups -OCH3 is 2. The van der Waals surface area contributed by atoms with Crippen molar-refractivity contribution < 1.29 is 19.0 Å². The van der Waals surface area contributed by atoms with Crippen molar-refractivity contribution >= 4 is 18.5 Å². The summed E-state index contributed by atoms with van der Waals surface area (Å²) in [5.74, 6) is 3.25. The Morgan fingerprint density at radius 3 is 1.55 bits per heavy atom. The number of carbonyl (C=O) groups is 1. The van der Waals surface area contributed by atoms with Gasteiger partial charge in [-0.1, -0.05) is 24.3 Å². The van der Waals surface area contributed by atoms with Crippen molar-refractivity contribution in [3.05, 3.63) is 59.7 Å². The van der Waals surface area contributed by atoms with Gasteiger partial charge in [-0.25, -0.2) is 4.79 Å². The van der Waals surface area contributed by atoms with Crippen molar-refractivity contribution in [1.82, 2.24) is 20.0 Å². The Kier molecular flexibility index (Phi) is 12.2. The molecule has 0 bridgehead atoms. The van der Waals surface area contributed by atoms with E-state index in [9.17, 15) is 4.79 Å². The van der Waals surface area contributed by atoms with E-state index in [4.69, 9.17) is 14.2 Å². The minimum Gasteiger partial charge on any atom is -0.497 e. The fourth-order valence-corrected chi connectivity index (χ4v) is 5.80. The Balaban J connectivity index is 0.000000206. The Morgan fingerprint density at radius 1 is 0.773 bits per heavy atom. The predicted molar refractivity (Wildman–Crippen MR) is 178 cm³/mol. The summed E-state index contributed by atoms with van der Waals surface area (Å²) in [6.07, 6.45) is 5.17. The molecule has 2 aromatic carbocycles. The zero-order valence-corrected chi connectivity index (χ0v) is 28.1. The van der Waals surface area contributed by atoms with Gasteiger partial charge >= 0.3 is 6.09 Å². The number of rotatable bonds is 12. The molecule has 2 aliphatic heterocycles. The molecule has 1 N–H and O–H groups in total. The molecule has 244 valence electrons. The maximum absolute atomic E-state index is 12.0. The van der Waals surface area contributed by atoms with Crippen LogP contribution in [0.4, 0.5) is 4.79 Å². The Bertz CT molecular complexity index is 1150. The number of likely N-dealkylation sites (tertiary alicyclic amines) is 1. The van der Waals surface area contributed by atoms with Crippen molar-refractivity contribution in [2.45, 2.75) is 77.2 Å². The van der Waals surface area contributed by atoms with Crippen LogP contribution in [0.25, 0.3) is 0 Å². The summed E-state index contributed by atoms with van der Waals surface area (Å²) in [4.78, 5) is 19.1. The monoisotopic (exact) mass is 628 g/mol. The van der Waals surface area contributed by atoms with E-state index in [1.54, 1.807) is 14.2 Å². The summed E-state index contributed by atoms with van der Waals surface area (Å²) in [6.45, 7) is 14.1. The fraction of sp³-hybridized carbons (Fsp3) is 0.629. The second-order valence-electron chi connectivity index (χ2n) is 13.8. The molecule has 2 saturated heterocycles. The van der Waals surface area contributed by atoms with Crippen LogP contribution >= 0.6 is 12.4 Å². The quantitative estimate of drug-likeness (QED) is 0.317. The highest BCUT2D eigenvalue weighted by Crippen LogP contribution is 2.32. The summed E-state index contributed by atoms with van der Waals surface area (Å²) in [7, 11) is 3.41. The molecule has 0 spiro atoms. The Labute approximate surface area is 270 Å². The molecule has 2 aliphatic carbocycles. The molecule has 2 saturated carbocycles. The van der Waals surface area contributed by atoms with Gasteiger partial charge in [0.05, 0.1) is 14.2 Å². The van der Waals surface area contributed by atoms with Crippen LogP contribution in [0.5, 0.6) is 11.5 Å². The number of carbonyl (C=O) groups excluding carboxylic acids is 1. The molecule has 6 rings (SSSR count). The normalized spacial score (nSPS) is 18.5. The number of hydrogen-bond donors (Lipinski definition) is 1. The van der Waals surface area contributed by atoms with E-state index >= 15 is 0 Å². The number of ether oxygens (including phenoxy) is 3. The first-order valence-electron chi connectivity index (χ1n) is 16.1. The van der Waals surface area contributed by atoms with Gasteiger partial charge in [0.2, 0.25) is 0 Å². The van der Waals surface area contributed by atoms with Crippen LogP contribution in [0.2, 0.25) is 0 Å². The van der Waals surface area contributed by atoms with Gasteiger partial charge < -0.3 is 24.4 Å². The van der Waals surface area contributed by atoms with E-state index in [1.165, 1.54) is 56.4 Å².